The molecule has 0 fully saturated rings. The largest absolute Gasteiger partial charge is 0.412 e. The van der Waals surface area contributed by atoms with Crippen LogP contribution in [0.2, 0.25) is 0 Å². The molecule has 2 N–H and O–H groups in total. The van der Waals surface area contributed by atoms with Crippen molar-refractivity contribution in [1.82, 2.24) is 0 Å². The van der Waals surface area contributed by atoms with Crippen LogP contribution in [0.15, 0.2) is 98.6 Å². The zero-order chi connectivity index (χ0) is 16.2. The minimum absolute atomic E-state index is 0. The average Bonchev–Trinajstić information content (AvgIpc) is 2.86. The van der Waals surface area contributed by atoms with Gasteiger partial charge >= 0.3 is 0 Å². The Morgan fingerprint density at radius 2 is 1.32 bits per heavy atom. The molecule has 1 heterocycles. The van der Waals surface area contributed by atoms with Gasteiger partial charge in [0.05, 0.1) is 17.1 Å². The summed E-state index contributed by atoms with van der Waals surface area (Å²) in [5, 5.41) is 0. The minimum Gasteiger partial charge on any atom is -0.412 e. The quantitative estimate of drug-likeness (QED) is 0.640. The smallest absolute Gasteiger partial charge is 0.0889 e. The highest BCUT2D eigenvalue weighted by molar-refractivity contribution is 7.99. The molecule has 124 valence electrons. The Hall–Kier alpha value is -2.69. The van der Waals surface area contributed by atoms with Crippen LogP contribution in [0.1, 0.15) is 12.0 Å². The standard InChI is InChI=1S/C21H16N2S.H2O/c1-2-6-17(7-3-1)24-18-12-10-16(11-13-18)19-14-15-22-20-8-4-5-9-21(20)23-19;/h1-13,15H,14H2;1H2. The summed E-state index contributed by atoms with van der Waals surface area (Å²) in [6.45, 7) is 0. The number of hydrogen-bond acceptors (Lipinski definition) is 3. The number of fused-ring (bicyclic) bond motifs is 1. The Morgan fingerprint density at radius 1 is 0.680 bits per heavy atom. The van der Waals surface area contributed by atoms with Crippen molar-refractivity contribution in [2.75, 3.05) is 0 Å². The maximum Gasteiger partial charge on any atom is 0.0889 e. The molecule has 3 nitrogen and oxygen atoms in total. The van der Waals surface area contributed by atoms with E-state index >= 15 is 0 Å². The number of hydrogen-bond donors (Lipinski definition) is 0. The van der Waals surface area contributed by atoms with Crippen molar-refractivity contribution < 1.29 is 5.48 Å². The van der Waals surface area contributed by atoms with E-state index in [1.54, 1.807) is 11.8 Å². The molecule has 0 atom stereocenters. The number of nitrogens with zero attached hydrogens (tertiary/aromatic N) is 2. The van der Waals surface area contributed by atoms with E-state index < -0.39 is 0 Å². The van der Waals surface area contributed by atoms with Crippen LogP contribution in [-0.4, -0.2) is 17.4 Å². The predicted molar refractivity (Wildman–Crippen MR) is 106 cm³/mol. The molecule has 3 aromatic rings. The van der Waals surface area contributed by atoms with Crippen LogP contribution < -0.4 is 0 Å². The van der Waals surface area contributed by atoms with Crippen molar-refractivity contribution in [1.29, 1.82) is 0 Å². The number of benzene rings is 3. The Morgan fingerprint density at radius 3 is 2.08 bits per heavy atom. The fourth-order valence-electron chi connectivity index (χ4n) is 2.61. The molecule has 0 bridgehead atoms. The molecule has 4 rings (SSSR count). The SMILES string of the molecule is C1=Nc2ccccc2N=C(c2ccc(Sc3ccccc3)cc2)C1.O. The third-order valence-electron chi connectivity index (χ3n) is 3.82. The first-order valence-corrected chi connectivity index (χ1v) is 8.72. The highest BCUT2D eigenvalue weighted by Crippen LogP contribution is 2.31. The van der Waals surface area contributed by atoms with Crippen molar-refractivity contribution in [2.24, 2.45) is 9.98 Å². The van der Waals surface area contributed by atoms with Crippen LogP contribution in [0.5, 0.6) is 0 Å². The molecular weight excluding hydrogens is 328 g/mol. The van der Waals surface area contributed by atoms with E-state index in [9.17, 15) is 0 Å². The van der Waals surface area contributed by atoms with Gasteiger partial charge in [0.15, 0.2) is 0 Å². The molecule has 0 unspecified atom stereocenters. The maximum absolute atomic E-state index is 4.81. The lowest BCUT2D eigenvalue weighted by Gasteiger charge is -2.06. The van der Waals surface area contributed by atoms with E-state index in [1.807, 2.05) is 36.5 Å². The number of rotatable bonds is 3. The summed E-state index contributed by atoms with van der Waals surface area (Å²) in [6.07, 6.45) is 2.69. The van der Waals surface area contributed by atoms with Gasteiger partial charge in [-0.05, 0) is 42.0 Å². The Labute approximate surface area is 151 Å². The topological polar surface area (TPSA) is 56.2 Å². The van der Waals surface area contributed by atoms with E-state index in [2.05, 4.69) is 53.5 Å². The van der Waals surface area contributed by atoms with Crippen LogP contribution in [-0.2, 0) is 0 Å². The highest BCUT2D eigenvalue weighted by Gasteiger charge is 2.09. The van der Waals surface area contributed by atoms with Crippen LogP contribution in [0, 0.1) is 0 Å². The molecule has 0 radical (unpaired) electrons. The summed E-state index contributed by atoms with van der Waals surface area (Å²) in [4.78, 5) is 11.8. The first-order valence-electron chi connectivity index (χ1n) is 7.91. The van der Waals surface area contributed by atoms with E-state index in [4.69, 9.17) is 4.99 Å². The maximum atomic E-state index is 4.81. The summed E-state index contributed by atoms with van der Waals surface area (Å²) in [5.41, 5.74) is 4.07. The van der Waals surface area contributed by atoms with Gasteiger partial charge < -0.3 is 5.48 Å². The van der Waals surface area contributed by atoms with Gasteiger partial charge in [-0.2, -0.15) is 0 Å². The first kappa shape index (κ1) is 17.1. The van der Waals surface area contributed by atoms with Gasteiger partial charge in [-0.15, -0.1) is 0 Å². The molecule has 25 heavy (non-hydrogen) atoms. The van der Waals surface area contributed by atoms with Crippen molar-refractivity contribution in [3.8, 4) is 0 Å². The fourth-order valence-corrected chi connectivity index (χ4v) is 3.45. The van der Waals surface area contributed by atoms with Crippen LogP contribution >= 0.6 is 11.8 Å². The summed E-state index contributed by atoms with van der Waals surface area (Å²) in [5.74, 6) is 0. The second-order valence-corrected chi connectivity index (χ2v) is 6.65. The summed E-state index contributed by atoms with van der Waals surface area (Å²) < 4.78 is 0. The summed E-state index contributed by atoms with van der Waals surface area (Å²) in [6, 6.07) is 27.0. The summed E-state index contributed by atoms with van der Waals surface area (Å²) >= 11 is 1.77. The van der Waals surface area contributed by atoms with Gasteiger partial charge in [-0.25, -0.2) is 0 Å². The zero-order valence-corrected chi connectivity index (χ0v) is 14.4. The van der Waals surface area contributed by atoms with E-state index in [-0.39, 0.29) is 5.48 Å². The molecule has 0 saturated carbocycles. The minimum atomic E-state index is 0. The molecule has 1 aliphatic heterocycles. The van der Waals surface area contributed by atoms with Crippen molar-refractivity contribution in [3.63, 3.8) is 0 Å². The molecule has 0 aliphatic carbocycles. The molecule has 4 heteroatoms. The van der Waals surface area contributed by atoms with Gasteiger partial charge in [-0.3, -0.25) is 9.98 Å². The number of aliphatic imine (C=N–C) groups is 2. The van der Waals surface area contributed by atoms with E-state index in [0.29, 0.717) is 0 Å². The number of para-hydroxylation sites is 2. The van der Waals surface area contributed by atoms with Gasteiger partial charge in [0.1, 0.15) is 0 Å². The van der Waals surface area contributed by atoms with Gasteiger partial charge in [0, 0.05) is 22.4 Å². The third-order valence-corrected chi connectivity index (χ3v) is 4.83. The van der Waals surface area contributed by atoms with Gasteiger partial charge in [-0.1, -0.05) is 54.2 Å². The summed E-state index contributed by atoms with van der Waals surface area (Å²) in [7, 11) is 0. The lowest BCUT2D eigenvalue weighted by atomic mass is 10.1. The average molecular weight is 346 g/mol. The van der Waals surface area contributed by atoms with E-state index in [0.717, 1.165) is 29.1 Å². The fraction of sp³-hybridized carbons (Fsp3) is 0.0476. The Kier molecular flexibility index (Phi) is 5.43. The Balaban J connectivity index is 0.00000182. The predicted octanol–water partition coefficient (Wildman–Crippen LogP) is 5.24. The van der Waals surface area contributed by atoms with Crippen LogP contribution in [0.4, 0.5) is 11.4 Å². The lowest BCUT2D eigenvalue weighted by molar-refractivity contribution is 0.824. The third kappa shape index (κ3) is 4.05. The monoisotopic (exact) mass is 346 g/mol. The normalized spacial score (nSPS) is 12.6. The molecule has 0 saturated heterocycles. The van der Waals surface area contributed by atoms with Crippen molar-refractivity contribution in [2.45, 2.75) is 16.2 Å². The molecule has 0 spiro atoms. The first-order chi connectivity index (χ1) is 11.9. The van der Waals surface area contributed by atoms with Crippen LogP contribution in [0.3, 0.4) is 0 Å². The van der Waals surface area contributed by atoms with Gasteiger partial charge in [0.2, 0.25) is 0 Å². The lowest BCUT2D eigenvalue weighted by Crippen LogP contribution is -2.00. The van der Waals surface area contributed by atoms with Crippen molar-refractivity contribution in [3.05, 3.63) is 84.4 Å². The van der Waals surface area contributed by atoms with Gasteiger partial charge in [0.25, 0.3) is 0 Å². The second-order valence-electron chi connectivity index (χ2n) is 5.50. The second kappa shape index (κ2) is 7.92. The molecular formula is C21H18N2OS. The molecule has 3 aromatic carbocycles. The Bertz CT molecular complexity index is 903. The molecule has 1 aliphatic rings. The zero-order valence-electron chi connectivity index (χ0n) is 13.6. The molecule has 0 amide bonds. The molecule has 0 aromatic heterocycles. The van der Waals surface area contributed by atoms with E-state index in [1.165, 1.54) is 9.79 Å². The highest BCUT2D eigenvalue weighted by atomic mass is 32.2. The van der Waals surface area contributed by atoms with Crippen LogP contribution in [0.25, 0.3) is 0 Å². The van der Waals surface area contributed by atoms with Crippen molar-refractivity contribution >= 4 is 35.1 Å².